The van der Waals surface area contributed by atoms with E-state index in [1.807, 2.05) is 26.0 Å². The summed E-state index contributed by atoms with van der Waals surface area (Å²) >= 11 is 0. The third-order valence-electron chi connectivity index (χ3n) is 2.94. The van der Waals surface area contributed by atoms with Crippen molar-refractivity contribution in [3.63, 3.8) is 0 Å². The van der Waals surface area contributed by atoms with Crippen molar-refractivity contribution in [3.05, 3.63) is 59.2 Å². The quantitative estimate of drug-likeness (QED) is 0.835. The second-order valence-corrected chi connectivity index (χ2v) is 4.98. The Morgan fingerprint density at radius 3 is 2.09 bits per heavy atom. The Hall–Kier alpha value is -3.13. The Bertz CT molecular complexity index is 755. The fourth-order valence-electron chi connectivity index (χ4n) is 2.09. The topological polar surface area (TPSA) is 82.0 Å². The van der Waals surface area contributed by atoms with Gasteiger partial charge in [-0.05, 0) is 55.3 Å². The molecule has 0 aliphatic carbocycles. The molecular weight excluding hydrogens is 278 g/mol. The predicted octanol–water partition coefficient (Wildman–Crippen LogP) is 2.75. The molecule has 2 aromatic rings. The van der Waals surface area contributed by atoms with Gasteiger partial charge in [0.15, 0.2) is 0 Å². The molecule has 5 nitrogen and oxygen atoms in total. The number of nitrogens with one attached hydrogen (secondary N) is 2. The van der Waals surface area contributed by atoms with Crippen LogP contribution < -0.4 is 10.6 Å². The molecule has 0 saturated heterocycles. The van der Waals surface area contributed by atoms with E-state index in [2.05, 4.69) is 10.6 Å². The molecule has 0 aliphatic heterocycles. The van der Waals surface area contributed by atoms with E-state index in [9.17, 15) is 9.59 Å². The number of aryl methyl sites for hydroxylation is 2. The van der Waals surface area contributed by atoms with Gasteiger partial charge in [-0.3, -0.25) is 9.59 Å². The molecule has 0 bridgehead atoms. The van der Waals surface area contributed by atoms with Crippen LogP contribution in [0.2, 0.25) is 0 Å². The first-order valence-electron chi connectivity index (χ1n) is 6.69. The van der Waals surface area contributed by atoms with E-state index in [0.29, 0.717) is 16.9 Å². The zero-order valence-corrected chi connectivity index (χ0v) is 12.3. The summed E-state index contributed by atoms with van der Waals surface area (Å²) in [6, 6.07) is 13.9. The lowest BCUT2D eigenvalue weighted by Crippen LogP contribution is -2.29. The number of rotatable bonds is 2. The fourth-order valence-corrected chi connectivity index (χ4v) is 2.09. The van der Waals surface area contributed by atoms with Gasteiger partial charge < -0.3 is 10.6 Å². The number of carbonyl (C=O) groups excluding carboxylic acids is 2. The van der Waals surface area contributed by atoms with Crippen molar-refractivity contribution in [3.8, 4) is 6.07 Å². The summed E-state index contributed by atoms with van der Waals surface area (Å²) < 4.78 is 0. The lowest BCUT2D eigenvalue weighted by Gasteiger charge is -2.08. The van der Waals surface area contributed by atoms with Gasteiger partial charge >= 0.3 is 11.8 Å². The van der Waals surface area contributed by atoms with Gasteiger partial charge in [0.25, 0.3) is 0 Å². The average molecular weight is 293 g/mol. The minimum absolute atomic E-state index is 0.402. The molecule has 22 heavy (non-hydrogen) atoms. The number of benzene rings is 2. The highest BCUT2D eigenvalue weighted by atomic mass is 16.2. The Morgan fingerprint density at radius 2 is 1.50 bits per heavy atom. The van der Waals surface area contributed by atoms with Crippen LogP contribution in [0.3, 0.4) is 0 Å². The molecule has 5 heteroatoms. The molecule has 0 radical (unpaired) electrons. The zero-order valence-electron chi connectivity index (χ0n) is 12.3. The predicted molar refractivity (Wildman–Crippen MR) is 84.3 cm³/mol. The zero-order chi connectivity index (χ0) is 16.1. The number of nitriles is 1. The van der Waals surface area contributed by atoms with Crippen LogP contribution in [0, 0.1) is 25.2 Å². The maximum absolute atomic E-state index is 11.9. The maximum Gasteiger partial charge on any atom is 0.314 e. The molecule has 2 N–H and O–H groups in total. The van der Waals surface area contributed by atoms with E-state index in [4.69, 9.17) is 5.26 Å². The first-order valence-corrected chi connectivity index (χ1v) is 6.69. The van der Waals surface area contributed by atoms with Crippen molar-refractivity contribution in [2.45, 2.75) is 13.8 Å². The van der Waals surface area contributed by atoms with E-state index < -0.39 is 11.8 Å². The number of anilines is 2. The standard InChI is InChI=1S/C17H15N3O2/c1-11-6-12(2)8-15(7-11)20-17(22)16(21)19-14-5-3-4-13(9-14)10-18/h3-9H,1-2H3,(H,19,21)(H,20,22). The highest BCUT2D eigenvalue weighted by molar-refractivity contribution is 6.43. The van der Waals surface area contributed by atoms with Gasteiger partial charge in [0.2, 0.25) is 0 Å². The Kier molecular flexibility index (Phi) is 4.54. The molecule has 0 saturated carbocycles. The average Bonchev–Trinajstić information content (AvgIpc) is 2.46. The smallest absolute Gasteiger partial charge is 0.314 e. The third-order valence-corrected chi connectivity index (χ3v) is 2.94. The summed E-state index contributed by atoms with van der Waals surface area (Å²) in [5.74, 6) is -1.54. The van der Waals surface area contributed by atoms with Crippen LogP contribution in [0.4, 0.5) is 11.4 Å². The number of carbonyl (C=O) groups is 2. The normalized spacial score (nSPS) is 9.68. The first-order chi connectivity index (χ1) is 10.5. The molecule has 110 valence electrons. The summed E-state index contributed by atoms with van der Waals surface area (Å²) in [5, 5.41) is 13.8. The lowest BCUT2D eigenvalue weighted by molar-refractivity contribution is -0.132. The van der Waals surface area contributed by atoms with Crippen LogP contribution >= 0.6 is 0 Å². The van der Waals surface area contributed by atoms with Crippen LogP contribution in [0.5, 0.6) is 0 Å². The van der Waals surface area contributed by atoms with E-state index in [0.717, 1.165) is 11.1 Å². The van der Waals surface area contributed by atoms with Crippen LogP contribution in [0.15, 0.2) is 42.5 Å². The summed E-state index contributed by atoms with van der Waals surface area (Å²) in [7, 11) is 0. The van der Waals surface area contributed by atoms with Gasteiger partial charge in [0, 0.05) is 11.4 Å². The molecule has 0 heterocycles. The molecule has 0 atom stereocenters. The van der Waals surface area contributed by atoms with Crippen LogP contribution in [0.1, 0.15) is 16.7 Å². The van der Waals surface area contributed by atoms with Gasteiger partial charge in [0.05, 0.1) is 11.6 Å². The van der Waals surface area contributed by atoms with Gasteiger partial charge in [-0.15, -0.1) is 0 Å². The van der Waals surface area contributed by atoms with Crippen molar-refractivity contribution < 1.29 is 9.59 Å². The largest absolute Gasteiger partial charge is 0.318 e. The summed E-state index contributed by atoms with van der Waals surface area (Å²) in [6.07, 6.45) is 0. The summed E-state index contributed by atoms with van der Waals surface area (Å²) in [4.78, 5) is 23.8. The van der Waals surface area contributed by atoms with Crippen LogP contribution in [-0.2, 0) is 9.59 Å². The number of amides is 2. The van der Waals surface area contributed by atoms with Crippen molar-refractivity contribution >= 4 is 23.2 Å². The van der Waals surface area contributed by atoms with E-state index in [1.165, 1.54) is 6.07 Å². The molecule has 2 rings (SSSR count). The molecule has 0 aromatic heterocycles. The number of hydrogen-bond donors (Lipinski definition) is 2. The maximum atomic E-state index is 11.9. The summed E-state index contributed by atoms with van der Waals surface area (Å²) in [6.45, 7) is 3.83. The monoisotopic (exact) mass is 293 g/mol. The molecule has 0 fully saturated rings. The number of hydrogen-bond acceptors (Lipinski definition) is 3. The Morgan fingerprint density at radius 1 is 0.909 bits per heavy atom. The van der Waals surface area contributed by atoms with Crippen molar-refractivity contribution in [1.82, 2.24) is 0 Å². The molecule has 0 unspecified atom stereocenters. The Labute approximate surface area is 128 Å². The van der Waals surface area contributed by atoms with Crippen LogP contribution in [0.25, 0.3) is 0 Å². The highest BCUT2D eigenvalue weighted by Gasteiger charge is 2.14. The second kappa shape index (κ2) is 6.55. The van der Waals surface area contributed by atoms with Crippen LogP contribution in [-0.4, -0.2) is 11.8 Å². The molecule has 0 spiro atoms. The van der Waals surface area contributed by atoms with E-state index >= 15 is 0 Å². The highest BCUT2D eigenvalue weighted by Crippen LogP contribution is 2.14. The molecular formula is C17H15N3O2. The van der Waals surface area contributed by atoms with E-state index in [1.54, 1.807) is 30.3 Å². The minimum Gasteiger partial charge on any atom is -0.318 e. The van der Waals surface area contributed by atoms with Crippen molar-refractivity contribution in [2.24, 2.45) is 0 Å². The minimum atomic E-state index is -0.783. The third kappa shape index (κ3) is 3.93. The van der Waals surface area contributed by atoms with Gasteiger partial charge in [-0.2, -0.15) is 5.26 Å². The van der Waals surface area contributed by atoms with Crippen molar-refractivity contribution in [2.75, 3.05) is 10.6 Å². The van der Waals surface area contributed by atoms with Gasteiger partial charge in [-0.1, -0.05) is 12.1 Å². The lowest BCUT2D eigenvalue weighted by atomic mass is 10.1. The second-order valence-electron chi connectivity index (χ2n) is 4.98. The molecule has 2 amide bonds. The van der Waals surface area contributed by atoms with Gasteiger partial charge in [-0.25, -0.2) is 0 Å². The van der Waals surface area contributed by atoms with Crippen molar-refractivity contribution in [1.29, 1.82) is 5.26 Å². The number of nitrogens with zero attached hydrogens (tertiary/aromatic N) is 1. The van der Waals surface area contributed by atoms with E-state index in [-0.39, 0.29) is 0 Å². The first kappa shape index (κ1) is 15.3. The Balaban J connectivity index is 2.06. The fraction of sp³-hybridized carbons (Fsp3) is 0.118. The van der Waals surface area contributed by atoms with Gasteiger partial charge in [0.1, 0.15) is 0 Å². The molecule has 0 aliphatic rings. The molecule has 2 aromatic carbocycles. The summed E-state index contributed by atoms with van der Waals surface area (Å²) in [5.41, 5.74) is 3.38. The SMILES string of the molecule is Cc1cc(C)cc(NC(=O)C(=O)Nc2cccc(C#N)c2)c1.